The van der Waals surface area contributed by atoms with Crippen LogP contribution in [0, 0.1) is 5.92 Å². The van der Waals surface area contributed by atoms with Crippen LogP contribution in [0.15, 0.2) is 0 Å². The molecule has 1 N–H and O–H groups in total. The van der Waals surface area contributed by atoms with Gasteiger partial charge in [0.15, 0.2) is 0 Å². The highest BCUT2D eigenvalue weighted by Crippen LogP contribution is 2.17. The van der Waals surface area contributed by atoms with Gasteiger partial charge in [-0.15, -0.1) is 0 Å². The summed E-state index contributed by atoms with van der Waals surface area (Å²) in [6.07, 6.45) is 3.83. The third-order valence-electron chi connectivity index (χ3n) is 2.60. The van der Waals surface area contributed by atoms with E-state index in [-0.39, 0.29) is 0 Å². The van der Waals surface area contributed by atoms with Crippen molar-refractivity contribution < 1.29 is 0 Å². The fourth-order valence-corrected chi connectivity index (χ4v) is 2.58. The van der Waals surface area contributed by atoms with Crippen molar-refractivity contribution in [2.75, 3.05) is 12.3 Å². The van der Waals surface area contributed by atoms with Crippen molar-refractivity contribution in [3.63, 3.8) is 0 Å². The number of nitrogens with one attached hydrogen (secondary N) is 1. The Morgan fingerprint density at radius 2 is 1.80 bits per heavy atom. The van der Waals surface area contributed by atoms with Crippen LogP contribution in [0.1, 0.15) is 53.9 Å². The molecule has 2 atom stereocenters. The fraction of sp³-hybridized carbons (Fsp3) is 1.00. The van der Waals surface area contributed by atoms with E-state index in [9.17, 15) is 0 Å². The van der Waals surface area contributed by atoms with Gasteiger partial charge in [0.05, 0.1) is 0 Å². The van der Waals surface area contributed by atoms with Crippen molar-refractivity contribution in [2.24, 2.45) is 5.92 Å². The summed E-state index contributed by atoms with van der Waals surface area (Å²) in [5.74, 6) is 2.07. The zero-order chi connectivity index (χ0) is 11.7. The first-order valence-electron chi connectivity index (χ1n) is 6.45. The minimum absolute atomic E-state index is 0.712. The molecule has 2 unspecified atom stereocenters. The van der Waals surface area contributed by atoms with E-state index in [0.29, 0.717) is 6.04 Å². The second kappa shape index (κ2) is 9.53. The van der Waals surface area contributed by atoms with Crippen LogP contribution in [0.25, 0.3) is 0 Å². The van der Waals surface area contributed by atoms with Crippen LogP contribution in [0.3, 0.4) is 0 Å². The Bertz CT molecular complexity index is 136. The van der Waals surface area contributed by atoms with Crippen molar-refractivity contribution >= 4 is 11.8 Å². The van der Waals surface area contributed by atoms with Gasteiger partial charge in [0.1, 0.15) is 0 Å². The third kappa shape index (κ3) is 9.25. The van der Waals surface area contributed by atoms with Gasteiger partial charge in [-0.25, -0.2) is 0 Å². The highest BCUT2D eigenvalue weighted by atomic mass is 32.2. The number of rotatable bonds is 9. The molecule has 0 aliphatic carbocycles. The third-order valence-corrected chi connectivity index (χ3v) is 4.09. The van der Waals surface area contributed by atoms with Gasteiger partial charge in [0.2, 0.25) is 0 Å². The lowest BCUT2D eigenvalue weighted by molar-refractivity contribution is 0.447. The molecule has 0 aromatic rings. The molecule has 0 saturated carbocycles. The van der Waals surface area contributed by atoms with Gasteiger partial charge in [-0.3, -0.25) is 0 Å². The van der Waals surface area contributed by atoms with Gasteiger partial charge in [0.25, 0.3) is 0 Å². The van der Waals surface area contributed by atoms with Gasteiger partial charge in [-0.2, -0.15) is 11.8 Å². The van der Waals surface area contributed by atoms with E-state index >= 15 is 0 Å². The van der Waals surface area contributed by atoms with Gasteiger partial charge in [-0.05, 0) is 31.7 Å². The first kappa shape index (κ1) is 15.3. The van der Waals surface area contributed by atoms with Crippen molar-refractivity contribution in [3.8, 4) is 0 Å². The largest absolute Gasteiger partial charge is 0.313 e. The number of hydrogen-bond donors (Lipinski definition) is 1. The van der Waals surface area contributed by atoms with Gasteiger partial charge in [-0.1, -0.05) is 34.6 Å². The molecule has 0 spiro atoms. The molecule has 0 radical (unpaired) electrons. The van der Waals surface area contributed by atoms with Crippen LogP contribution in [-0.4, -0.2) is 23.6 Å². The van der Waals surface area contributed by atoms with Crippen molar-refractivity contribution in [1.82, 2.24) is 5.32 Å². The standard InChI is InChI=1S/C13H29NS/c1-6-8-14-13(9-11(3)4)10-15-12(5)7-2/h11-14H,6-10H2,1-5H3. The zero-order valence-corrected chi connectivity index (χ0v) is 12.0. The van der Waals surface area contributed by atoms with Crippen LogP contribution >= 0.6 is 11.8 Å². The molecule has 1 nitrogen and oxygen atoms in total. The summed E-state index contributed by atoms with van der Waals surface area (Å²) in [7, 11) is 0. The molecule has 0 aliphatic heterocycles. The summed E-state index contributed by atoms with van der Waals surface area (Å²) in [6, 6.07) is 0.712. The molecule has 0 bridgehead atoms. The Hall–Kier alpha value is 0.310. The van der Waals surface area contributed by atoms with Crippen molar-refractivity contribution in [1.29, 1.82) is 0 Å². The summed E-state index contributed by atoms with van der Waals surface area (Å²) in [6.45, 7) is 12.6. The molecule has 92 valence electrons. The van der Waals surface area contributed by atoms with E-state index in [2.05, 4.69) is 51.7 Å². The monoisotopic (exact) mass is 231 g/mol. The molecule has 2 heteroatoms. The smallest absolute Gasteiger partial charge is 0.0160 e. The highest BCUT2D eigenvalue weighted by molar-refractivity contribution is 7.99. The average Bonchev–Trinajstić information content (AvgIpc) is 2.20. The molecule has 0 saturated heterocycles. The predicted molar refractivity (Wildman–Crippen MR) is 73.7 cm³/mol. The summed E-state index contributed by atoms with van der Waals surface area (Å²) >= 11 is 2.11. The molecular weight excluding hydrogens is 202 g/mol. The Morgan fingerprint density at radius 3 is 2.27 bits per heavy atom. The minimum Gasteiger partial charge on any atom is -0.313 e. The molecule has 0 amide bonds. The van der Waals surface area contributed by atoms with Crippen LogP contribution in [0.4, 0.5) is 0 Å². The molecule has 0 heterocycles. The summed E-state index contributed by atoms with van der Waals surface area (Å²) in [5.41, 5.74) is 0. The Labute approximate surface area is 101 Å². The highest BCUT2D eigenvalue weighted by Gasteiger charge is 2.11. The second-order valence-electron chi connectivity index (χ2n) is 4.83. The van der Waals surface area contributed by atoms with E-state index < -0.39 is 0 Å². The molecule has 15 heavy (non-hydrogen) atoms. The zero-order valence-electron chi connectivity index (χ0n) is 11.2. The number of hydrogen-bond acceptors (Lipinski definition) is 2. The maximum absolute atomic E-state index is 3.66. The lowest BCUT2D eigenvalue weighted by atomic mass is 10.1. The molecule has 0 aromatic carbocycles. The van der Waals surface area contributed by atoms with E-state index in [4.69, 9.17) is 0 Å². The maximum atomic E-state index is 3.66. The van der Waals surface area contributed by atoms with Crippen LogP contribution in [0.2, 0.25) is 0 Å². The van der Waals surface area contributed by atoms with Gasteiger partial charge in [0, 0.05) is 17.0 Å². The predicted octanol–water partition coefficient (Wildman–Crippen LogP) is 3.93. The summed E-state index contributed by atoms with van der Waals surface area (Å²) in [5, 5.41) is 4.47. The second-order valence-corrected chi connectivity index (χ2v) is 6.30. The molecule has 0 rings (SSSR count). The minimum atomic E-state index is 0.712. The topological polar surface area (TPSA) is 12.0 Å². The van der Waals surface area contributed by atoms with Crippen molar-refractivity contribution in [3.05, 3.63) is 0 Å². The van der Waals surface area contributed by atoms with E-state index in [1.807, 2.05) is 0 Å². The normalized spacial score (nSPS) is 15.6. The Morgan fingerprint density at radius 1 is 1.13 bits per heavy atom. The summed E-state index contributed by atoms with van der Waals surface area (Å²) < 4.78 is 0. The van der Waals surface area contributed by atoms with E-state index in [1.165, 1.54) is 31.6 Å². The summed E-state index contributed by atoms with van der Waals surface area (Å²) in [4.78, 5) is 0. The fourth-order valence-electron chi connectivity index (χ4n) is 1.53. The van der Waals surface area contributed by atoms with E-state index in [0.717, 1.165) is 11.2 Å². The molecule has 0 aliphatic rings. The molecule has 0 aromatic heterocycles. The lowest BCUT2D eigenvalue weighted by Gasteiger charge is -2.21. The number of thioether (sulfide) groups is 1. The quantitative estimate of drug-likeness (QED) is 0.645. The van der Waals surface area contributed by atoms with Gasteiger partial charge < -0.3 is 5.32 Å². The SMILES string of the molecule is CCCNC(CSC(C)CC)CC(C)C. The maximum Gasteiger partial charge on any atom is 0.0160 e. The van der Waals surface area contributed by atoms with Crippen molar-refractivity contribution in [2.45, 2.75) is 65.2 Å². The first-order chi connectivity index (χ1) is 7.10. The lowest BCUT2D eigenvalue weighted by Crippen LogP contribution is -2.33. The first-order valence-corrected chi connectivity index (χ1v) is 7.49. The molecule has 0 fully saturated rings. The van der Waals surface area contributed by atoms with Crippen LogP contribution in [0.5, 0.6) is 0 Å². The van der Waals surface area contributed by atoms with Crippen LogP contribution in [-0.2, 0) is 0 Å². The Kier molecular flexibility index (Phi) is 9.73. The van der Waals surface area contributed by atoms with Crippen LogP contribution < -0.4 is 5.32 Å². The van der Waals surface area contributed by atoms with Gasteiger partial charge >= 0.3 is 0 Å². The van der Waals surface area contributed by atoms with E-state index in [1.54, 1.807) is 0 Å². The average molecular weight is 231 g/mol. The Balaban J connectivity index is 3.78. The molecular formula is C13H29NS.